The molecule has 1 aromatic rings. The highest BCUT2D eigenvalue weighted by Crippen LogP contribution is 2.33. The number of ether oxygens (including phenoxy) is 1. The van der Waals surface area contributed by atoms with E-state index in [0.717, 1.165) is 0 Å². The standard InChI is InChI=1S/C10H11ClO5/c1-16-6-4-2-3-5(11)7(6)8(12)9(13)10(14)15/h2-4,8-9,12-13H,1H3,(H,14,15). The number of carboxylic acids is 1. The second-order valence-electron chi connectivity index (χ2n) is 3.08. The Morgan fingerprint density at radius 1 is 1.44 bits per heavy atom. The maximum absolute atomic E-state index is 10.5. The molecule has 0 fully saturated rings. The minimum absolute atomic E-state index is 0.0570. The Balaban J connectivity index is 3.16. The summed E-state index contributed by atoms with van der Waals surface area (Å²) in [6, 6.07) is 4.57. The van der Waals surface area contributed by atoms with Crippen LogP contribution in [0.15, 0.2) is 18.2 Å². The van der Waals surface area contributed by atoms with Gasteiger partial charge in [0.05, 0.1) is 12.1 Å². The number of benzene rings is 1. The largest absolute Gasteiger partial charge is 0.496 e. The van der Waals surface area contributed by atoms with Crippen LogP contribution in [-0.2, 0) is 4.79 Å². The van der Waals surface area contributed by atoms with Crippen LogP contribution in [0, 0.1) is 0 Å². The molecule has 0 saturated heterocycles. The molecule has 0 saturated carbocycles. The first kappa shape index (κ1) is 12.8. The molecule has 0 aliphatic heterocycles. The Morgan fingerprint density at radius 3 is 2.56 bits per heavy atom. The maximum atomic E-state index is 10.5. The molecule has 0 aliphatic carbocycles. The third kappa shape index (κ3) is 2.44. The molecule has 0 bridgehead atoms. The average molecular weight is 247 g/mol. The molecule has 3 N–H and O–H groups in total. The number of rotatable bonds is 4. The molecule has 16 heavy (non-hydrogen) atoms. The number of aliphatic hydroxyl groups is 2. The summed E-state index contributed by atoms with van der Waals surface area (Å²) in [7, 11) is 1.36. The summed E-state index contributed by atoms with van der Waals surface area (Å²) in [5.41, 5.74) is 0.0570. The van der Waals surface area contributed by atoms with Crippen molar-refractivity contribution in [1.82, 2.24) is 0 Å². The molecule has 0 radical (unpaired) electrons. The van der Waals surface area contributed by atoms with Crippen LogP contribution in [0.25, 0.3) is 0 Å². The van der Waals surface area contributed by atoms with E-state index < -0.39 is 18.2 Å². The van der Waals surface area contributed by atoms with Gasteiger partial charge in [-0.05, 0) is 12.1 Å². The van der Waals surface area contributed by atoms with Gasteiger partial charge >= 0.3 is 5.97 Å². The van der Waals surface area contributed by atoms with Gasteiger partial charge in [0, 0.05) is 5.56 Å². The zero-order valence-corrected chi connectivity index (χ0v) is 9.18. The van der Waals surface area contributed by atoms with Crippen LogP contribution in [0.4, 0.5) is 0 Å². The van der Waals surface area contributed by atoms with Gasteiger partial charge in [-0.1, -0.05) is 17.7 Å². The van der Waals surface area contributed by atoms with Gasteiger partial charge in [0.2, 0.25) is 0 Å². The zero-order chi connectivity index (χ0) is 12.3. The molecule has 0 heterocycles. The minimum Gasteiger partial charge on any atom is -0.496 e. The summed E-state index contributed by atoms with van der Waals surface area (Å²) >= 11 is 5.81. The van der Waals surface area contributed by atoms with Gasteiger partial charge in [-0.3, -0.25) is 0 Å². The number of aliphatic hydroxyl groups excluding tert-OH is 2. The van der Waals surface area contributed by atoms with Crippen molar-refractivity contribution in [1.29, 1.82) is 0 Å². The fraction of sp³-hybridized carbons (Fsp3) is 0.300. The van der Waals surface area contributed by atoms with Crippen molar-refractivity contribution < 1.29 is 24.9 Å². The van der Waals surface area contributed by atoms with Crippen molar-refractivity contribution in [3.63, 3.8) is 0 Å². The number of hydrogen-bond donors (Lipinski definition) is 3. The fourth-order valence-corrected chi connectivity index (χ4v) is 1.55. The van der Waals surface area contributed by atoms with Crippen LogP contribution in [0.2, 0.25) is 5.02 Å². The van der Waals surface area contributed by atoms with E-state index in [1.54, 1.807) is 6.07 Å². The second-order valence-corrected chi connectivity index (χ2v) is 3.49. The first-order chi connectivity index (χ1) is 7.49. The smallest absolute Gasteiger partial charge is 0.335 e. The van der Waals surface area contributed by atoms with E-state index in [-0.39, 0.29) is 16.3 Å². The molecule has 2 unspecified atom stereocenters. The molecule has 0 aliphatic rings. The number of halogens is 1. The molecular formula is C10H11ClO5. The number of aliphatic carboxylic acids is 1. The van der Waals surface area contributed by atoms with Crippen molar-refractivity contribution in [3.05, 3.63) is 28.8 Å². The van der Waals surface area contributed by atoms with Gasteiger partial charge in [0.1, 0.15) is 11.9 Å². The lowest BCUT2D eigenvalue weighted by Gasteiger charge is -2.18. The van der Waals surface area contributed by atoms with E-state index in [9.17, 15) is 15.0 Å². The summed E-state index contributed by atoms with van der Waals surface area (Å²) in [6.45, 7) is 0. The molecular weight excluding hydrogens is 236 g/mol. The number of hydrogen-bond acceptors (Lipinski definition) is 4. The normalized spacial score (nSPS) is 14.2. The highest BCUT2D eigenvalue weighted by molar-refractivity contribution is 6.31. The van der Waals surface area contributed by atoms with E-state index in [4.69, 9.17) is 21.4 Å². The first-order valence-electron chi connectivity index (χ1n) is 4.40. The average Bonchev–Trinajstić information content (AvgIpc) is 2.26. The highest BCUT2D eigenvalue weighted by atomic mass is 35.5. The predicted octanol–water partition coefficient (Wildman–Crippen LogP) is 0.827. The SMILES string of the molecule is COc1cccc(Cl)c1C(O)C(O)C(=O)O. The molecule has 1 aromatic carbocycles. The van der Waals surface area contributed by atoms with Crippen LogP contribution in [0.1, 0.15) is 11.7 Å². The van der Waals surface area contributed by atoms with Gasteiger partial charge in [-0.15, -0.1) is 0 Å². The summed E-state index contributed by atoms with van der Waals surface area (Å²) in [6.07, 6.45) is -3.59. The lowest BCUT2D eigenvalue weighted by atomic mass is 10.0. The van der Waals surface area contributed by atoms with Crippen LogP contribution in [0.5, 0.6) is 5.75 Å². The third-order valence-electron chi connectivity index (χ3n) is 2.08. The van der Waals surface area contributed by atoms with Crippen molar-refractivity contribution in [2.75, 3.05) is 7.11 Å². The van der Waals surface area contributed by atoms with E-state index in [1.165, 1.54) is 19.2 Å². The van der Waals surface area contributed by atoms with Crippen molar-refractivity contribution >= 4 is 17.6 Å². The Labute approximate surface area is 96.9 Å². The number of methoxy groups -OCH3 is 1. The van der Waals surface area contributed by atoms with Crippen LogP contribution >= 0.6 is 11.6 Å². The predicted molar refractivity (Wildman–Crippen MR) is 56.6 cm³/mol. The van der Waals surface area contributed by atoms with Crippen molar-refractivity contribution in [3.8, 4) is 5.75 Å². The van der Waals surface area contributed by atoms with E-state index >= 15 is 0 Å². The minimum atomic E-state index is -1.95. The second kappa shape index (κ2) is 5.16. The van der Waals surface area contributed by atoms with Gasteiger partial charge in [0.25, 0.3) is 0 Å². The van der Waals surface area contributed by atoms with Crippen LogP contribution in [-0.4, -0.2) is 34.5 Å². The summed E-state index contributed by atoms with van der Waals surface area (Å²) in [5, 5.41) is 27.6. The van der Waals surface area contributed by atoms with E-state index in [2.05, 4.69) is 0 Å². The Bertz CT molecular complexity index is 393. The van der Waals surface area contributed by atoms with Gasteiger partial charge < -0.3 is 20.1 Å². The Hall–Kier alpha value is -1.30. The van der Waals surface area contributed by atoms with Gasteiger partial charge in [0.15, 0.2) is 6.10 Å². The molecule has 0 aromatic heterocycles. The lowest BCUT2D eigenvalue weighted by molar-refractivity contribution is -0.153. The molecule has 6 heteroatoms. The first-order valence-corrected chi connectivity index (χ1v) is 4.78. The number of carbonyl (C=O) groups is 1. The maximum Gasteiger partial charge on any atom is 0.335 e. The fourth-order valence-electron chi connectivity index (χ4n) is 1.28. The van der Waals surface area contributed by atoms with Gasteiger partial charge in [-0.2, -0.15) is 0 Å². The quantitative estimate of drug-likeness (QED) is 0.732. The summed E-state index contributed by atoms with van der Waals surface area (Å²) in [5.74, 6) is -1.31. The van der Waals surface area contributed by atoms with E-state index in [1.807, 2.05) is 0 Å². The topological polar surface area (TPSA) is 87.0 Å². The monoisotopic (exact) mass is 246 g/mol. The summed E-state index contributed by atoms with van der Waals surface area (Å²) in [4.78, 5) is 10.5. The molecule has 1 rings (SSSR count). The molecule has 5 nitrogen and oxygen atoms in total. The summed E-state index contributed by atoms with van der Waals surface area (Å²) < 4.78 is 4.93. The molecule has 88 valence electrons. The highest BCUT2D eigenvalue weighted by Gasteiger charge is 2.29. The van der Waals surface area contributed by atoms with Gasteiger partial charge in [-0.25, -0.2) is 4.79 Å². The molecule has 2 atom stereocenters. The Morgan fingerprint density at radius 2 is 2.06 bits per heavy atom. The molecule has 0 spiro atoms. The Kier molecular flexibility index (Phi) is 4.12. The number of carboxylic acid groups (broad SMARTS) is 1. The van der Waals surface area contributed by atoms with Crippen LogP contribution < -0.4 is 4.74 Å². The van der Waals surface area contributed by atoms with Crippen LogP contribution in [0.3, 0.4) is 0 Å². The zero-order valence-electron chi connectivity index (χ0n) is 8.42. The van der Waals surface area contributed by atoms with Crippen molar-refractivity contribution in [2.45, 2.75) is 12.2 Å². The molecule has 0 amide bonds. The third-order valence-corrected chi connectivity index (χ3v) is 2.41. The lowest BCUT2D eigenvalue weighted by Crippen LogP contribution is -2.28. The van der Waals surface area contributed by atoms with Crippen molar-refractivity contribution in [2.24, 2.45) is 0 Å². The van der Waals surface area contributed by atoms with E-state index in [0.29, 0.717) is 0 Å².